The second-order valence-electron chi connectivity index (χ2n) is 8.10. The van der Waals surface area contributed by atoms with Gasteiger partial charge in [-0.1, -0.05) is 75.7 Å². The fourth-order valence-electron chi connectivity index (χ4n) is 3.23. The van der Waals surface area contributed by atoms with Gasteiger partial charge in [0.25, 0.3) is 0 Å². The normalized spacial score (nSPS) is 11.0. The van der Waals surface area contributed by atoms with Crippen molar-refractivity contribution >= 4 is 49.9 Å². The summed E-state index contributed by atoms with van der Waals surface area (Å²) in [4.78, 5) is 25.1. The molecule has 0 unspecified atom stereocenters. The van der Waals surface area contributed by atoms with Gasteiger partial charge in [0.2, 0.25) is 0 Å². The number of hydrogen-bond donors (Lipinski definition) is 0. The van der Waals surface area contributed by atoms with Crippen LogP contribution in [0.2, 0.25) is 0 Å². The van der Waals surface area contributed by atoms with Gasteiger partial charge in [0.1, 0.15) is 13.2 Å². The average Bonchev–Trinajstić information content (AvgIpc) is 2.82. The molecule has 0 spiro atoms. The van der Waals surface area contributed by atoms with Crippen molar-refractivity contribution in [2.24, 2.45) is 5.41 Å². The number of carbonyl (C=O) groups excluding carboxylic acids is 2. The van der Waals surface area contributed by atoms with Crippen LogP contribution >= 0.6 is 31.9 Å². The molecule has 0 aliphatic carbocycles. The average molecular weight is 572 g/mol. The molecule has 0 radical (unpaired) electrons. The lowest BCUT2D eigenvalue weighted by atomic mass is 9.85. The fourth-order valence-corrected chi connectivity index (χ4v) is 3.75. The van der Waals surface area contributed by atoms with Crippen LogP contribution in [0, 0.1) is 5.41 Å². The Morgan fingerprint density at radius 1 is 0.788 bits per heavy atom. The maximum absolute atomic E-state index is 12.6. The first-order chi connectivity index (χ1) is 15.8. The molecular formula is C27H24Br2O4. The first kappa shape index (κ1) is 24.9. The zero-order valence-corrected chi connectivity index (χ0v) is 21.4. The number of hydrogen-bond acceptors (Lipinski definition) is 4. The van der Waals surface area contributed by atoms with Crippen LogP contribution in [0.3, 0.4) is 0 Å². The van der Waals surface area contributed by atoms with Crippen molar-refractivity contribution in [3.63, 3.8) is 0 Å². The Balaban J connectivity index is 1.72. The van der Waals surface area contributed by atoms with Crippen molar-refractivity contribution < 1.29 is 19.1 Å². The van der Waals surface area contributed by atoms with Crippen molar-refractivity contribution in [3.05, 3.63) is 111 Å². The maximum atomic E-state index is 12.6. The minimum atomic E-state index is -0.619. The summed E-state index contributed by atoms with van der Waals surface area (Å²) < 4.78 is 13.0. The van der Waals surface area contributed by atoms with E-state index in [9.17, 15) is 9.59 Å². The third-order valence-corrected chi connectivity index (χ3v) is 6.17. The summed E-state index contributed by atoms with van der Waals surface area (Å²) in [6.45, 7) is 5.91. The standard InChI is InChI=1S/C27H24Br2O4/c1-3-19-4-6-20(7-5-19)16-27(2,17-32-25(30)21-8-12-23(28)13-9-21)18-33-26(31)22-10-14-24(29)15-11-22/h3-15H,1,16-18H2,2H3. The van der Waals surface area contributed by atoms with Gasteiger partial charge in [-0.3, -0.25) is 0 Å². The molecular weight excluding hydrogens is 548 g/mol. The maximum Gasteiger partial charge on any atom is 0.338 e. The van der Waals surface area contributed by atoms with E-state index in [0.29, 0.717) is 17.5 Å². The molecule has 0 aromatic heterocycles. The summed E-state index contributed by atoms with van der Waals surface area (Å²) in [6.07, 6.45) is 2.34. The molecule has 0 atom stereocenters. The van der Waals surface area contributed by atoms with Gasteiger partial charge in [0.05, 0.1) is 11.1 Å². The summed E-state index contributed by atoms with van der Waals surface area (Å²) in [7, 11) is 0. The minimum absolute atomic E-state index is 0.0960. The van der Waals surface area contributed by atoms with Crippen LogP contribution in [0.15, 0.2) is 88.3 Å². The number of carbonyl (C=O) groups is 2. The molecule has 6 heteroatoms. The van der Waals surface area contributed by atoms with E-state index in [1.165, 1.54) is 0 Å². The van der Waals surface area contributed by atoms with Crippen LogP contribution < -0.4 is 0 Å². The molecule has 0 saturated heterocycles. The third-order valence-electron chi connectivity index (χ3n) is 5.11. The van der Waals surface area contributed by atoms with Crippen LogP contribution in [-0.4, -0.2) is 25.2 Å². The lowest BCUT2D eigenvalue weighted by Gasteiger charge is -2.29. The number of rotatable bonds is 9. The van der Waals surface area contributed by atoms with Crippen molar-refractivity contribution in [1.29, 1.82) is 0 Å². The number of benzene rings is 3. The van der Waals surface area contributed by atoms with Crippen molar-refractivity contribution in [3.8, 4) is 0 Å². The van der Waals surface area contributed by atoms with Gasteiger partial charge in [0.15, 0.2) is 0 Å². The van der Waals surface area contributed by atoms with Gasteiger partial charge < -0.3 is 9.47 Å². The van der Waals surface area contributed by atoms with E-state index >= 15 is 0 Å². The van der Waals surface area contributed by atoms with Gasteiger partial charge in [-0.15, -0.1) is 0 Å². The molecule has 0 fully saturated rings. The predicted octanol–water partition coefficient (Wildman–Crippen LogP) is 7.12. The van der Waals surface area contributed by atoms with E-state index in [2.05, 4.69) is 38.4 Å². The molecule has 3 rings (SSSR count). The van der Waals surface area contributed by atoms with Gasteiger partial charge in [-0.25, -0.2) is 9.59 Å². The summed E-state index contributed by atoms with van der Waals surface area (Å²) in [5.74, 6) is -0.843. The lowest BCUT2D eigenvalue weighted by molar-refractivity contribution is 0.000596. The quantitative estimate of drug-likeness (QED) is 0.257. The van der Waals surface area contributed by atoms with Crippen molar-refractivity contribution in [2.75, 3.05) is 13.2 Å². The molecule has 3 aromatic rings. The zero-order chi connectivity index (χ0) is 23.8. The topological polar surface area (TPSA) is 52.6 Å². The monoisotopic (exact) mass is 570 g/mol. The Kier molecular flexibility index (Phi) is 8.64. The Hall–Kier alpha value is -2.70. The number of esters is 2. The highest BCUT2D eigenvalue weighted by atomic mass is 79.9. The molecule has 0 aliphatic heterocycles. The van der Waals surface area contributed by atoms with Crippen LogP contribution in [0.25, 0.3) is 6.08 Å². The predicted molar refractivity (Wildman–Crippen MR) is 137 cm³/mol. The van der Waals surface area contributed by atoms with Crippen molar-refractivity contribution in [1.82, 2.24) is 0 Å². The zero-order valence-electron chi connectivity index (χ0n) is 18.2. The third kappa shape index (κ3) is 7.41. The second-order valence-corrected chi connectivity index (χ2v) is 9.93. The smallest absolute Gasteiger partial charge is 0.338 e. The molecule has 0 aliphatic rings. The highest BCUT2D eigenvalue weighted by Gasteiger charge is 2.29. The van der Waals surface area contributed by atoms with Gasteiger partial charge in [-0.05, 0) is 66.1 Å². The molecule has 0 heterocycles. The Morgan fingerprint density at radius 2 is 1.21 bits per heavy atom. The first-order valence-electron chi connectivity index (χ1n) is 10.3. The molecule has 3 aromatic carbocycles. The van der Waals surface area contributed by atoms with E-state index in [0.717, 1.165) is 20.1 Å². The lowest BCUT2D eigenvalue weighted by Crippen LogP contribution is -2.34. The second kappa shape index (κ2) is 11.4. The fraction of sp³-hybridized carbons (Fsp3) is 0.185. The van der Waals surface area contributed by atoms with Crippen LogP contribution in [-0.2, 0) is 15.9 Å². The van der Waals surface area contributed by atoms with E-state index in [1.54, 1.807) is 54.6 Å². The molecule has 4 nitrogen and oxygen atoms in total. The van der Waals surface area contributed by atoms with Crippen molar-refractivity contribution in [2.45, 2.75) is 13.3 Å². The molecule has 170 valence electrons. The van der Waals surface area contributed by atoms with E-state index in [1.807, 2.05) is 31.2 Å². The van der Waals surface area contributed by atoms with Gasteiger partial charge in [0, 0.05) is 14.4 Å². The summed E-state index contributed by atoms with van der Waals surface area (Å²) in [6, 6.07) is 21.9. The Morgan fingerprint density at radius 3 is 1.61 bits per heavy atom. The molecule has 0 amide bonds. The first-order valence-corrected chi connectivity index (χ1v) is 11.9. The highest BCUT2D eigenvalue weighted by molar-refractivity contribution is 9.10. The number of ether oxygens (including phenoxy) is 2. The summed E-state index contributed by atoms with van der Waals surface area (Å²) in [5.41, 5.74) is 2.36. The largest absolute Gasteiger partial charge is 0.461 e. The van der Waals surface area contributed by atoms with E-state index < -0.39 is 17.4 Å². The SMILES string of the molecule is C=Cc1ccc(CC(C)(COC(=O)c2ccc(Br)cc2)COC(=O)c2ccc(Br)cc2)cc1. The van der Waals surface area contributed by atoms with Crippen LogP contribution in [0.4, 0.5) is 0 Å². The van der Waals surface area contributed by atoms with Gasteiger partial charge in [-0.2, -0.15) is 0 Å². The summed E-state index contributed by atoms with van der Waals surface area (Å²) in [5, 5.41) is 0. The van der Waals surface area contributed by atoms with Crippen LogP contribution in [0.5, 0.6) is 0 Å². The number of halogens is 2. The Labute approximate surface area is 210 Å². The van der Waals surface area contributed by atoms with Gasteiger partial charge >= 0.3 is 11.9 Å². The highest BCUT2D eigenvalue weighted by Crippen LogP contribution is 2.26. The minimum Gasteiger partial charge on any atom is -0.461 e. The molecule has 33 heavy (non-hydrogen) atoms. The summed E-state index contributed by atoms with van der Waals surface area (Å²) >= 11 is 6.72. The Bertz CT molecular complexity index is 1040. The van der Waals surface area contributed by atoms with E-state index in [4.69, 9.17) is 9.47 Å². The van der Waals surface area contributed by atoms with E-state index in [-0.39, 0.29) is 13.2 Å². The molecule has 0 bridgehead atoms. The molecule has 0 N–H and O–H groups in total. The molecule has 0 saturated carbocycles. The van der Waals surface area contributed by atoms with Crippen LogP contribution in [0.1, 0.15) is 38.8 Å².